The van der Waals surface area contributed by atoms with Crippen LogP contribution >= 0.6 is 11.6 Å². The third-order valence-corrected chi connectivity index (χ3v) is 3.45. The molecular weight excluding hydrogens is 304 g/mol. The van der Waals surface area contributed by atoms with E-state index in [9.17, 15) is 4.79 Å². The summed E-state index contributed by atoms with van der Waals surface area (Å²) < 4.78 is 1.91. The van der Waals surface area contributed by atoms with Gasteiger partial charge in [-0.15, -0.1) is 0 Å². The fourth-order valence-electron chi connectivity index (χ4n) is 2.30. The third kappa shape index (κ3) is 2.92. The van der Waals surface area contributed by atoms with E-state index in [-0.39, 0.29) is 6.42 Å². The van der Waals surface area contributed by atoms with E-state index in [0.717, 1.165) is 5.56 Å². The van der Waals surface area contributed by atoms with Gasteiger partial charge in [0.1, 0.15) is 11.3 Å². The smallest absolute Gasteiger partial charge is 0.303 e. The van der Waals surface area contributed by atoms with Crippen LogP contribution in [0.4, 0.5) is 0 Å². The van der Waals surface area contributed by atoms with Gasteiger partial charge in [-0.3, -0.25) is 9.78 Å². The van der Waals surface area contributed by atoms with Crippen LogP contribution in [-0.4, -0.2) is 30.6 Å². The lowest BCUT2D eigenvalue weighted by Crippen LogP contribution is -2.04. The predicted octanol–water partition coefficient (Wildman–Crippen LogP) is 3.01. The maximum absolute atomic E-state index is 10.7. The normalized spacial score (nSPS) is 11.0. The van der Waals surface area contributed by atoms with Crippen LogP contribution in [0.2, 0.25) is 5.02 Å². The van der Waals surface area contributed by atoms with Gasteiger partial charge in [-0.2, -0.15) is 0 Å². The van der Waals surface area contributed by atoms with Crippen LogP contribution in [0, 0.1) is 0 Å². The first-order valence-electron chi connectivity index (χ1n) is 6.79. The second-order valence-corrected chi connectivity index (χ2v) is 5.26. The van der Waals surface area contributed by atoms with Crippen molar-refractivity contribution in [1.82, 2.24) is 19.5 Å². The van der Waals surface area contributed by atoms with Crippen LogP contribution in [0.5, 0.6) is 0 Å². The lowest BCUT2D eigenvalue weighted by molar-refractivity contribution is -0.137. The summed E-state index contributed by atoms with van der Waals surface area (Å²) in [6, 6.07) is 5.48. The minimum Gasteiger partial charge on any atom is -0.481 e. The number of nitrogens with zero attached hydrogens (tertiary/aromatic N) is 4. The number of hydrogen-bond donors (Lipinski definition) is 1. The third-order valence-electron chi connectivity index (χ3n) is 3.24. The Morgan fingerprint density at radius 3 is 2.95 bits per heavy atom. The van der Waals surface area contributed by atoms with Crippen LogP contribution in [-0.2, 0) is 11.3 Å². The first-order valence-corrected chi connectivity index (χ1v) is 7.17. The molecule has 0 radical (unpaired) electrons. The number of aliphatic carboxylic acids is 1. The van der Waals surface area contributed by atoms with Gasteiger partial charge in [0.05, 0.1) is 5.02 Å². The summed E-state index contributed by atoms with van der Waals surface area (Å²) in [6.45, 7) is 0.516. The Kier molecular flexibility index (Phi) is 4.02. The van der Waals surface area contributed by atoms with Crippen molar-refractivity contribution in [3.8, 4) is 11.4 Å². The molecule has 3 rings (SSSR count). The van der Waals surface area contributed by atoms with Gasteiger partial charge in [-0.25, -0.2) is 9.97 Å². The summed E-state index contributed by atoms with van der Waals surface area (Å²) in [7, 11) is 0. The number of carboxylic acid groups (broad SMARTS) is 1. The molecule has 3 aromatic heterocycles. The minimum absolute atomic E-state index is 0.0970. The van der Waals surface area contributed by atoms with Crippen molar-refractivity contribution >= 4 is 28.7 Å². The van der Waals surface area contributed by atoms with Gasteiger partial charge in [0.15, 0.2) is 5.65 Å². The van der Waals surface area contributed by atoms with Crippen molar-refractivity contribution in [2.45, 2.75) is 19.4 Å². The average Bonchev–Trinajstić information content (AvgIpc) is 2.86. The number of pyridine rings is 2. The Hall–Kier alpha value is -2.47. The molecule has 0 fully saturated rings. The van der Waals surface area contributed by atoms with Crippen molar-refractivity contribution in [2.75, 3.05) is 0 Å². The monoisotopic (exact) mass is 316 g/mol. The van der Waals surface area contributed by atoms with E-state index >= 15 is 0 Å². The lowest BCUT2D eigenvalue weighted by Gasteiger charge is -2.07. The minimum atomic E-state index is -0.816. The first-order chi connectivity index (χ1) is 10.6. The van der Waals surface area contributed by atoms with E-state index in [4.69, 9.17) is 16.7 Å². The van der Waals surface area contributed by atoms with Gasteiger partial charge >= 0.3 is 5.97 Å². The van der Waals surface area contributed by atoms with Crippen LogP contribution < -0.4 is 0 Å². The molecule has 0 aliphatic carbocycles. The zero-order valence-corrected chi connectivity index (χ0v) is 12.4. The molecule has 0 bridgehead atoms. The summed E-state index contributed by atoms with van der Waals surface area (Å²) >= 11 is 5.97. The molecule has 0 saturated heterocycles. The van der Waals surface area contributed by atoms with Crippen molar-refractivity contribution in [3.63, 3.8) is 0 Å². The number of rotatable bonds is 5. The highest BCUT2D eigenvalue weighted by Crippen LogP contribution is 2.25. The molecule has 0 spiro atoms. The SMILES string of the molecule is O=C(O)CCCn1c(-c2cccnc2)nc2cc(Cl)cnc21. The van der Waals surface area contributed by atoms with Gasteiger partial charge in [0.25, 0.3) is 0 Å². The average molecular weight is 317 g/mol. The summed E-state index contributed by atoms with van der Waals surface area (Å²) in [4.78, 5) is 23.7. The summed E-state index contributed by atoms with van der Waals surface area (Å²) in [6.07, 6.45) is 5.57. The molecule has 7 heteroatoms. The van der Waals surface area contributed by atoms with Crippen LogP contribution in [0.1, 0.15) is 12.8 Å². The van der Waals surface area contributed by atoms with Crippen LogP contribution in [0.3, 0.4) is 0 Å². The highest BCUT2D eigenvalue weighted by Gasteiger charge is 2.14. The second-order valence-electron chi connectivity index (χ2n) is 4.82. The highest BCUT2D eigenvalue weighted by atomic mass is 35.5. The molecular formula is C15H13ClN4O2. The Bertz CT molecular complexity index is 817. The van der Waals surface area contributed by atoms with Gasteiger partial charge in [-0.1, -0.05) is 11.6 Å². The Morgan fingerprint density at radius 2 is 2.23 bits per heavy atom. The van der Waals surface area contributed by atoms with Gasteiger partial charge in [0, 0.05) is 37.1 Å². The van der Waals surface area contributed by atoms with Gasteiger partial charge < -0.3 is 9.67 Å². The number of fused-ring (bicyclic) bond motifs is 1. The van der Waals surface area contributed by atoms with Crippen molar-refractivity contribution < 1.29 is 9.90 Å². The summed E-state index contributed by atoms with van der Waals surface area (Å²) in [5.41, 5.74) is 2.22. The molecule has 6 nitrogen and oxygen atoms in total. The number of halogens is 1. The Morgan fingerprint density at radius 1 is 1.36 bits per heavy atom. The van der Waals surface area contributed by atoms with E-state index in [1.54, 1.807) is 24.7 Å². The molecule has 0 saturated carbocycles. The second kappa shape index (κ2) is 6.11. The number of aromatic nitrogens is 4. The van der Waals surface area contributed by atoms with E-state index in [1.165, 1.54) is 0 Å². The number of imidazole rings is 1. The Balaban J connectivity index is 2.07. The molecule has 0 aliphatic heterocycles. The van der Waals surface area contributed by atoms with E-state index in [0.29, 0.717) is 35.0 Å². The lowest BCUT2D eigenvalue weighted by atomic mass is 10.2. The molecule has 0 aliphatic rings. The molecule has 0 amide bonds. The fourth-order valence-corrected chi connectivity index (χ4v) is 2.45. The molecule has 0 atom stereocenters. The van der Waals surface area contributed by atoms with E-state index in [1.807, 2.05) is 16.7 Å². The molecule has 1 N–H and O–H groups in total. The van der Waals surface area contributed by atoms with Crippen molar-refractivity contribution in [3.05, 3.63) is 41.8 Å². The molecule has 112 valence electrons. The standard InChI is InChI=1S/C15H13ClN4O2/c16-11-7-12-15(18-9-11)20(6-2-4-13(21)22)14(19-12)10-3-1-5-17-8-10/h1,3,5,7-9H,2,4,6H2,(H,21,22). The summed E-state index contributed by atoms with van der Waals surface area (Å²) in [5.74, 6) is -0.105. The predicted molar refractivity (Wildman–Crippen MR) is 82.6 cm³/mol. The zero-order valence-electron chi connectivity index (χ0n) is 11.6. The fraction of sp³-hybridized carbons (Fsp3) is 0.200. The highest BCUT2D eigenvalue weighted by molar-refractivity contribution is 6.31. The summed E-state index contributed by atoms with van der Waals surface area (Å²) in [5, 5.41) is 9.32. The first kappa shape index (κ1) is 14.5. The van der Waals surface area contributed by atoms with Crippen LogP contribution in [0.15, 0.2) is 36.8 Å². The number of hydrogen-bond acceptors (Lipinski definition) is 4. The van der Waals surface area contributed by atoms with Crippen molar-refractivity contribution in [2.24, 2.45) is 0 Å². The number of aryl methyl sites for hydroxylation is 1. The number of carboxylic acids is 1. The largest absolute Gasteiger partial charge is 0.481 e. The molecule has 0 aromatic carbocycles. The number of carbonyl (C=O) groups is 1. The zero-order chi connectivity index (χ0) is 15.5. The van der Waals surface area contributed by atoms with Gasteiger partial charge in [0.2, 0.25) is 0 Å². The molecule has 22 heavy (non-hydrogen) atoms. The van der Waals surface area contributed by atoms with E-state index < -0.39 is 5.97 Å². The quantitative estimate of drug-likeness (QED) is 0.782. The maximum Gasteiger partial charge on any atom is 0.303 e. The van der Waals surface area contributed by atoms with Crippen LogP contribution in [0.25, 0.3) is 22.6 Å². The van der Waals surface area contributed by atoms with E-state index in [2.05, 4.69) is 15.0 Å². The molecule has 3 heterocycles. The van der Waals surface area contributed by atoms with Gasteiger partial charge in [-0.05, 0) is 24.6 Å². The maximum atomic E-state index is 10.7. The topological polar surface area (TPSA) is 80.9 Å². The molecule has 3 aromatic rings. The van der Waals surface area contributed by atoms with Crippen molar-refractivity contribution in [1.29, 1.82) is 0 Å². The molecule has 0 unspecified atom stereocenters. The Labute approximate surface area is 131 Å².